The van der Waals surface area contributed by atoms with Crippen LogP contribution in [0.2, 0.25) is 0 Å². The largest absolute Gasteiger partial charge is 0.446 e. The van der Waals surface area contributed by atoms with Crippen LogP contribution >= 0.6 is 11.8 Å². The number of carbonyl (C=O) groups excluding carboxylic acids is 2. The summed E-state index contributed by atoms with van der Waals surface area (Å²) in [5, 5.41) is 2.93. The smallest absolute Gasteiger partial charge is 0.382 e. The van der Waals surface area contributed by atoms with Crippen molar-refractivity contribution >= 4 is 35.2 Å². The molecule has 0 radical (unpaired) electrons. The highest BCUT2D eigenvalue weighted by Gasteiger charge is 2.31. The highest BCUT2D eigenvalue weighted by molar-refractivity contribution is 8.00. The molecule has 1 fully saturated rings. The van der Waals surface area contributed by atoms with Crippen LogP contribution in [-0.2, 0) is 0 Å². The minimum Gasteiger partial charge on any atom is -0.382 e. The molecule has 2 heterocycles. The SMILES string of the molecule is C[C@@H]1[C@H](NC(=O)c2ccc(SC(F)(F)F)cc2)CCCN1c1cnc(C(N)=O)c(N)n1. The Balaban J connectivity index is 1.69. The second-order valence-corrected chi connectivity index (χ2v) is 8.19. The number of benzene rings is 1. The third-order valence-corrected chi connectivity index (χ3v) is 5.71. The molecule has 0 aliphatic carbocycles. The van der Waals surface area contributed by atoms with E-state index < -0.39 is 11.4 Å². The van der Waals surface area contributed by atoms with E-state index in [1.807, 2.05) is 11.8 Å². The minimum absolute atomic E-state index is 0.0110. The van der Waals surface area contributed by atoms with E-state index in [1.165, 1.54) is 30.5 Å². The van der Waals surface area contributed by atoms with E-state index in [-0.39, 0.29) is 51.7 Å². The number of primary amides is 1. The first-order valence-electron chi connectivity index (χ1n) is 9.41. The first kappa shape index (κ1) is 22.7. The fourth-order valence-corrected chi connectivity index (χ4v) is 3.98. The summed E-state index contributed by atoms with van der Waals surface area (Å²) in [6, 6.07) is 4.87. The molecule has 1 saturated heterocycles. The summed E-state index contributed by atoms with van der Waals surface area (Å²) in [4.78, 5) is 34.0. The summed E-state index contributed by atoms with van der Waals surface area (Å²) in [5.41, 5.74) is 6.76. The molecule has 12 heteroatoms. The molecule has 0 bridgehead atoms. The van der Waals surface area contributed by atoms with E-state index in [2.05, 4.69) is 15.3 Å². The van der Waals surface area contributed by atoms with Crippen molar-refractivity contribution in [2.75, 3.05) is 17.2 Å². The third-order valence-electron chi connectivity index (χ3n) is 4.97. The number of hydrogen-bond acceptors (Lipinski definition) is 7. The van der Waals surface area contributed by atoms with Gasteiger partial charge in [0.05, 0.1) is 6.20 Å². The van der Waals surface area contributed by atoms with Gasteiger partial charge in [-0.1, -0.05) is 0 Å². The fraction of sp³-hybridized carbons (Fsp3) is 0.368. The molecule has 2 amide bonds. The van der Waals surface area contributed by atoms with Crippen LogP contribution in [0, 0.1) is 0 Å². The van der Waals surface area contributed by atoms with Crippen molar-refractivity contribution < 1.29 is 22.8 Å². The van der Waals surface area contributed by atoms with Gasteiger partial charge >= 0.3 is 5.51 Å². The van der Waals surface area contributed by atoms with Gasteiger partial charge in [-0.25, -0.2) is 9.97 Å². The van der Waals surface area contributed by atoms with Crippen LogP contribution in [0.15, 0.2) is 35.4 Å². The summed E-state index contributed by atoms with van der Waals surface area (Å²) in [6.45, 7) is 2.56. The molecule has 1 aliphatic heterocycles. The predicted molar refractivity (Wildman–Crippen MR) is 111 cm³/mol. The number of piperidine rings is 1. The molecule has 3 rings (SSSR count). The number of hydrogen-bond donors (Lipinski definition) is 3. The zero-order valence-corrected chi connectivity index (χ0v) is 17.3. The fourth-order valence-electron chi connectivity index (χ4n) is 3.44. The van der Waals surface area contributed by atoms with Gasteiger partial charge in [-0.15, -0.1) is 0 Å². The highest BCUT2D eigenvalue weighted by Crippen LogP contribution is 2.36. The van der Waals surface area contributed by atoms with Crippen LogP contribution in [0.5, 0.6) is 0 Å². The van der Waals surface area contributed by atoms with E-state index in [1.54, 1.807) is 0 Å². The molecule has 2 atom stereocenters. The van der Waals surface area contributed by atoms with Gasteiger partial charge in [0.1, 0.15) is 5.82 Å². The van der Waals surface area contributed by atoms with Crippen molar-refractivity contribution in [1.29, 1.82) is 0 Å². The standard InChI is InChI=1S/C19H21F3N6O2S/c1-10-13(26-18(30)11-4-6-12(7-5-11)31-19(20,21)22)3-2-8-28(10)14-9-25-15(17(24)29)16(23)27-14/h4-7,9-10,13H,2-3,8H2,1H3,(H2,23,27)(H2,24,29)(H,26,30)/t10-,13-/m1/s1. The van der Waals surface area contributed by atoms with Gasteiger partial charge in [-0.3, -0.25) is 9.59 Å². The number of rotatable bonds is 5. The number of halogens is 3. The second-order valence-electron chi connectivity index (χ2n) is 7.05. The monoisotopic (exact) mass is 454 g/mol. The van der Waals surface area contributed by atoms with E-state index in [9.17, 15) is 22.8 Å². The number of alkyl halides is 3. The number of anilines is 2. The quantitative estimate of drug-likeness (QED) is 0.593. The van der Waals surface area contributed by atoms with Crippen molar-refractivity contribution in [2.24, 2.45) is 5.73 Å². The lowest BCUT2D eigenvalue weighted by Gasteiger charge is -2.40. The Labute approximate surface area is 180 Å². The van der Waals surface area contributed by atoms with Gasteiger partial charge in [-0.05, 0) is 55.8 Å². The summed E-state index contributed by atoms with van der Waals surface area (Å²) < 4.78 is 37.4. The zero-order chi connectivity index (χ0) is 22.8. The average molecular weight is 454 g/mol. The summed E-state index contributed by atoms with van der Waals surface area (Å²) >= 11 is -0.231. The number of nitrogens with one attached hydrogen (secondary N) is 1. The maximum absolute atomic E-state index is 12.6. The van der Waals surface area contributed by atoms with Crippen LogP contribution in [0.3, 0.4) is 0 Å². The Hall–Kier alpha value is -3.02. The van der Waals surface area contributed by atoms with Crippen molar-refractivity contribution in [1.82, 2.24) is 15.3 Å². The molecular formula is C19H21F3N6O2S. The van der Waals surface area contributed by atoms with Gasteiger partial charge in [0, 0.05) is 29.1 Å². The highest BCUT2D eigenvalue weighted by atomic mass is 32.2. The molecule has 166 valence electrons. The van der Waals surface area contributed by atoms with Gasteiger partial charge in [-0.2, -0.15) is 13.2 Å². The second kappa shape index (κ2) is 9.00. The molecule has 0 spiro atoms. The van der Waals surface area contributed by atoms with E-state index in [0.717, 1.165) is 6.42 Å². The van der Waals surface area contributed by atoms with E-state index >= 15 is 0 Å². The van der Waals surface area contributed by atoms with Gasteiger partial charge in [0.15, 0.2) is 11.5 Å². The van der Waals surface area contributed by atoms with E-state index in [4.69, 9.17) is 11.5 Å². The lowest BCUT2D eigenvalue weighted by Crippen LogP contribution is -2.54. The first-order chi connectivity index (χ1) is 14.5. The van der Waals surface area contributed by atoms with Crippen LogP contribution in [0.4, 0.5) is 24.8 Å². The zero-order valence-electron chi connectivity index (χ0n) is 16.5. The Kier molecular flexibility index (Phi) is 6.58. The maximum Gasteiger partial charge on any atom is 0.446 e. The summed E-state index contributed by atoms with van der Waals surface area (Å²) in [6.07, 6.45) is 2.89. The Morgan fingerprint density at radius 3 is 2.52 bits per heavy atom. The molecule has 1 aromatic carbocycles. The number of nitrogen functional groups attached to an aromatic ring is 1. The normalized spacial score (nSPS) is 19.2. The van der Waals surface area contributed by atoms with Crippen molar-refractivity contribution in [3.05, 3.63) is 41.7 Å². The molecule has 0 unspecified atom stereocenters. The van der Waals surface area contributed by atoms with E-state index in [0.29, 0.717) is 18.8 Å². The molecule has 0 saturated carbocycles. The molecular weight excluding hydrogens is 433 g/mol. The first-order valence-corrected chi connectivity index (χ1v) is 10.2. The topological polar surface area (TPSA) is 127 Å². The van der Waals surface area contributed by atoms with Gasteiger partial charge in [0.2, 0.25) is 0 Å². The van der Waals surface area contributed by atoms with Crippen LogP contribution in [-0.4, -0.2) is 45.9 Å². The third kappa shape index (κ3) is 5.57. The number of nitrogens with zero attached hydrogens (tertiary/aromatic N) is 3. The van der Waals surface area contributed by atoms with Gasteiger partial charge < -0.3 is 21.7 Å². The Morgan fingerprint density at radius 1 is 1.26 bits per heavy atom. The molecule has 5 N–H and O–H groups in total. The van der Waals surface area contributed by atoms with Crippen molar-refractivity contribution in [3.8, 4) is 0 Å². The summed E-state index contributed by atoms with van der Waals surface area (Å²) in [7, 11) is 0. The van der Waals surface area contributed by atoms with Crippen LogP contribution in [0.1, 0.15) is 40.6 Å². The molecule has 1 aliphatic rings. The lowest BCUT2D eigenvalue weighted by molar-refractivity contribution is -0.0328. The Morgan fingerprint density at radius 2 is 1.94 bits per heavy atom. The number of carbonyl (C=O) groups is 2. The summed E-state index contributed by atoms with van der Waals surface area (Å²) in [5.74, 6) is -0.757. The number of nitrogens with two attached hydrogens (primary N) is 2. The number of thioether (sulfide) groups is 1. The maximum atomic E-state index is 12.6. The van der Waals surface area contributed by atoms with Crippen molar-refractivity contribution in [3.63, 3.8) is 0 Å². The lowest BCUT2D eigenvalue weighted by atomic mass is 9.97. The predicted octanol–water partition coefficient (Wildman–Crippen LogP) is 2.56. The number of aromatic nitrogens is 2. The van der Waals surface area contributed by atoms with Crippen LogP contribution in [0.25, 0.3) is 0 Å². The van der Waals surface area contributed by atoms with Crippen molar-refractivity contribution in [2.45, 2.75) is 42.3 Å². The molecule has 1 aromatic heterocycles. The minimum atomic E-state index is -4.38. The molecule has 31 heavy (non-hydrogen) atoms. The number of amides is 2. The van der Waals surface area contributed by atoms with Crippen LogP contribution < -0.4 is 21.7 Å². The average Bonchev–Trinajstić information content (AvgIpc) is 2.68. The molecule has 2 aromatic rings. The Bertz CT molecular complexity index is 970. The van der Waals surface area contributed by atoms with Gasteiger partial charge in [0.25, 0.3) is 11.8 Å². The molecule has 8 nitrogen and oxygen atoms in total.